The van der Waals surface area contributed by atoms with Gasteiger partial charge < -0.3 is 10.1 Å². The number of methoxy groups -OCH3 is 1. The third kappa shape index (κ3) is 3.51. The van der Waals surface area contributed by atoms with Crippen LogP contribution in [0.5, 0.6) is 0 Å². The molecular formula is C11H10BrNO3. The molecule has 1 amide bonds. The van der Waals surface area contributed by atoms with E-state index in [0.717, 1.165) is 0 Å². The van der Waals surface area contributed by atoms with Crippen LogP contribution in [-0.4, -0.2) is 19.0 Å². The summed E-state index contributed by atoms with van der Waals surface area (Å²) in [6.45, 7) is 0. The third-order valence-electron chi connectivity index (χ3n) is 1.75. The lowest BCUT2D eigenvalue weighted by atomic mass is 10.2. The number of esters is 1. The maximum Gasteiger partial charge on any atom is 0.346 e. The minimum atomic E-state index is -0.548. The van der Waals surface area contributed by atoms with Crippen molar-refractivity contribution in [2.24, 2.45) is 0 Å². The zero-order chi connectivity index (χ0) is 12.0. The maximum absolute atomic E-state index is 11.5. The van der Waals surface area contributed by atoms with Crippen molar-refractivity contribution in [3.63, 3.8) is 0 Å². The number of carbonyl (C=O) groups is 2. The van der Waals surface area contributed by atoms with E-state index in [0.29, 0.717) is 5.56 Å². The van der Waals surface area contributed by atoms with Crippen molar-refractivity contribution in [2.45, 2.75) is 0 Å². The van der Waals surface area contributed by atoms with E-state index in [4.69, 9.17) is 0 Å². The number of amides is 1. The van der Waals surface area contributed by atoms with Crippen molar-refractivity contribution in [1.82, 2.24) is 5.32 Å². The third-order valence-corrected chi connectivity index (χ3v) is 2.30. The van der Waals surface area contributed by atoms with Crippen molar-refractivity contribution in [3.8, 4) is 0 Å². The summed E-state index contributed by atoms with van der Waals surface area (Å²) >= 11 is 2.98. The molecule has 4 nitrogen and oxygen atoms in total. The summed E-state index contributed by atoms with van der Waals surface area (Å²) in [6, 6.07) is 8.68. The van der Waals surface area contributed by atoms with Gasteiger partial charge in [-0.15, -0.1) is 0 Å². The molecule has 0 saturated carbocycles. The number of ether oxygens (including phenoxy) is 1. The van der Waals surface area contributed by atoms with Crippen molar-refractivity contribution < 1.29 is 14.3 Å². The van der Waals surface area contributed by atoms with Gasteiger partial charge in [0.05, 0.1) is 7.11 Å². The smallest absolute Gasteiger partial charge is 0.346 e. The first kappa shape index (κ1) is 12.4. The lowest BCUT2D eigenvalue weighted by molar-refractivity contribution is -0.135. The number of halogens is 1. The molecule has 1 rings (SSSR count). The average molecular weight is 284 g/mol. The summed E-state index contributed by atoms with van der Waals surface area (Å²) in [5.41, 5.74) is 0.518. The largest absolute Gasteiger partial charge is 0.465 e. The van der Waals surface area contributed by atoms with Crippen molar-refractivity contribution in [3.05, 3.63) is 46.6 Å². The number of hydrogen-bond acceptors (Lipinski definition) is 3. The second kappa shape index (κ2) is 6.07. The average Bonchev–Trinajstić information content (AvgIpc) is 2.35. The molecule has 0 radical (unpaired) electrons. The Bertz CT molecular complexity index is 414. The standard InChI is InChI=1S/C11H10BrNO3/c1-16-11(15)9(12)7-13-10(14)8-5-3-2-4-6-8/h2-7H,1H3,(H,13,14)/b9-7+. The van der Waals surface area contributed by atoms with E-state index in [1.807, 2.05) is 6.07 Å². The predicted octanol–water partition coefficient (Wildman–Crippen LogP) is 1.83. The van der Waals surface area contributed by atoms with Crippen LogP contribution >= 0.6 is 15.9 Å². The minimum absolute atomic E-state index is 0.152. The van der Waals surface area contributed by atoms with E-state index in [2.05, 4.69) is 26.0 Å². The lowest BCUT2D eigenvalue weighted by Crippen LogP contribution is -2.18. The Morgan fingerprint density at radius 2 is 1.94 bits per heavy atom. The zero-order valence-corrected chi connectivity index (χ0v) is 10.2. The summed E-state index contributed by atoms with van der Waals surface area (Å²) in [4.78, 5) is 22.5. The highest BCUT2D eigenvalue weighted by atomic mass is 79.9. The van der Waals surface area contributed by atoms with E-state index in [9.17, 15) is 9.59 Å². The molecule has 16 heavy (non-hydrogen) atoms. The van der Waals surface area contributed by atoms with E-state index in [-0.39, 0.29) is 10.4 Å². The number of carbonyl (C=O) groups excluding carboxylic acids is 2. The van der Waals surface area contributed by atoms with Crippen LogP contribution in [-0.2, 0) is 9.53 Å². The first-order valence-electron chi connectivity index (χ1n) is 4.45. The number of hydrogen-bond donors (Lipinski definition) is 1. The minimum Gasteiger partial charge on any atom is -0.465 e. The molecule has 0 spiro atoms. The number of rotatable bonds is 3. The van der Waals surface area contributed by atoms with Crippen LogP contribution in [0, 0.1) is 0 Å². The molecule has 0 aliphatic heterocycles. The van der Waals surface area contributed by atoms with Gasteiger partial charge >= 0.3 is 5.97 Å². The van der Waals surface area contributed by atoms with E-state index < -0.39 is 5.97 Å². The Labute approximate surface area is 101 Å². The van der Waals surface area contributed by atoms with Crippen LogP contribution in [0.1, 0.15) is 10.4 Å². The molecule has 0 saturated heterocycles. The zero-order valence-electron chi connectivity index (χ0n) is 8.57. The normalized spacial score (nSPS) is 10.8. The molecule has 0 aliphatic carbocycles. The van der Waals surface area contributed by atoms with Gasteiger partial charge in [0.15, 0.2) is 0 Å². The van der Waals surface area contributed by atoms with Crippen molar-refractivity contribution in [2.75, 3.05) is 7.11 Å². The second-order valence-electron chi connectivity index (χ2n) is 2.82. The van der Waals surface area contributed by atoms with Crippen LogP contribution < -0.4 is 5.32 Å². The summed E-state index contributed by atoms with van der Waals surface area (Å²) < 4.78 is 4.60. The number of nitrogens with one attached hydrogen (secondary N) is 1. The molecule has 0 aromatic heterocycles. The SMILES string of the molecule is COC(=O)/C(Br)=C\NC(=O)c1ccccc1. The topological polar surface area (TPSA) is 55.4 Å². The summed E-state index contributed by atoms with van der Waals surface area (Å²) in [7, 11) is 1.26. The molecule has 1 N–H and O–H groups in total. The molecule has 5 heteroatoms. The first-order chi connectivity index (χ1) is 7.65. The number of benzene rings is 1. The molecule has 0 fully saturated rings. The highest BCUT2D eigenvalue weighted by molar-refractivity contribution is 9.12. The predicted molar refractivity (Wildman–Crippen MR) is 62.9 cm³/mol. The summed E-state index contributed by atoms with van der Waals surface area (Å²) in [5, 5.41) is 2.47. The highest BCUT2D eigenvalue weighted by Gasteiger charge is 2.06. The van der Waals surface area contributed by atoms with Gasteiger partial charge in [-0.2, -0.15) is 0 Å². The van der Waals surface area contributed by atoms with Gasteiger partial charge in [0.25, 0.3) is 5.91 Å². The molecule has 0 unspecified atom stereocenters. The van der Waals surface area contributed by atoms with Crippen LogP contribution in [0.3, 0.4) is 0 Å². The fourth-order valence-corrected chi connectivity index (χ4v) is 1.23. The van der Waals surface area contributed by atoms with Gasteiger partial charge in [0.2, 0.25) is 0 Å². The van der Waals surface area contributed by atoms with Gasteiger partial charge in [0.1, 0.15) is 4.48 Å². The molecule has 1 aromatic carbocycles. The fraction of sp³-hybridized carbons (Fsp3) is 0.0909. The highest BCUT2D eigenvalue weighted by Crippen LogP contribution is 2.05. The lowest BCUT2D eigenvalue weighted by Gasteiger charge is -2.00. The molecule has 0 aliphatic rings. The Balaban J connectivity index is 2.63. The van der Waals surface area contributed by atoms with Crippen molar-refractivity contribution in [1.29, 1.82) is 0 Å². The Morgan fingerprint density at radius 3 is 2.50 bits per heavy atom. The van der Waals surface area contributed by atoms with E-state index in [1.165, 1.54) is 13.3 Å². The Morgan fingerprint density at radius 1 is 1.31 bits per heavy atom. The molecule has 1 aromatic rings. The second-order valence-corrected chi connectivity index (χ2v) is 3.68. The van der Waals surface area contributed by atoms with E-state index >= 15 is 0 Å². The van der Waals surface area contributed by atoms with Crippen LogP contribution in [0.4, 0.5) is 0 Å². The molecule has 0 bridgehead atoms. The fourth-order valence-electron chi connectivity index (χ4n) is 0.958. The summed E-state index contributed by atoms with van der Waals surface area (Å²) in [5.74, 6) is -0.838. The van der Waals surface area contributed by atoms with Gasteiger partial charge in [-0.1, -0.05) is 18.2 Å². The quantitative estimate of drug-likeness (QED) is 0.680. The van der Waals surface area contributed by atoms with Gasteiger partial charge in [-0.3, -0.25) is 4.79 Å². The van der Waals surface area contributed by atoms with Gasteiger partial charge in [-0.25, -0.2) is 4.79 Å². The molecule has 0 atom stereocenters. The molecular weight excluding hydrogens is 274 g/mol. The Kier molecular flexibility index (Phi) is 4.72. The molecule has 84 valence electrons. The van der Waals surface area contributed by atoms with Gasteiger partial charge in [-0.05, 0) is 28.1 Å². The van der Waals surface area contributed by atoms with Crippen LogP contribution in [0.2, 0.25) is 0 Å². The Hall–Kier alpha value is -1.62. The van der Waals surface area contributed by atoms with Gasteiger partial charge in [0, 0.05) is 11.8 Å². The summed E-state index contributed by atoms with van der Waals surface area (Å²) in [6.07, 6.45) is 1.25. The first-order valence-corrected chi connectivity index (χ1v) is 5.24. The van der Waals surface area contributed by atoms with E-state index in [1.54, 1.807) is 24.3 Å². The van der Waals surface area contributed by atoms with Crippen LogP contribution in [0.25, 0.3) is 0 Å². The van der Waals surface area contributed by atoms with Crippen molar-refractivity contribution >= 4 is 27.8 Å². The van der Waals surface area contributed by atoms with Crippen LogP contribution in [0.15, 0.2) is 41.0 Å². The molecule has 0 heterocycles. The maximum atomic E-state index is 11.5. The monoisotopic (exact) mass is 283 g/mol.